The molecule has 1 aliphatic heterocycles. The SMILES string of the molecule is C=C1C(=O)[C@@H](C(=C)C(C)C)C2CN(S(=O)(=O)c3ccc(C)cc3)CC12. The average molecular weight is 359 g/mol. The van der Waals surface area contributed by atoms with Crippen LogP contribution in [0.15, 0.2) is 53.5 Å². The zero-order valence-corrected chi connectivity index (χ0v) is 15.8. The number of ketones is 1. The van der Waals surface area contributed by atoms with E-state index >= 15 is 0 Å². The molecule has 0 aromatic heterocycles. The van der Waals surface area contributed by atoms with Gasteiger partial charge in [0.2, 0.25) is 10.0 Å². The maximum atomic E-state index is 13.0. The van der Waals surface area contributed by atoms with Gasteiger partial charge in [0.25, 0.3) is 0 Å². The number of nitrogens with zero attached hydrogens (tertiary/aromatic N) is 1. The highest BCUT2D eigenvalue weighted by Gasteiger charge is 2.53. The standard InChI is InChI=1S/C20H25NO3S/c1-12(2)14(4)19-18-11-21(10-17(18)15(5)20(19)22)25(23,24)16-8-6-13(3)7-9-16/h6-9,12,17-19H,4-5,10-11H2,1-3H3/t17?,18?,19-/m0/s1. The van der Waals surface area contributed by atoms with Gasteiger partial charge >= 0.3 is 0 Å². The van der Waals surface area contributed by atoms with Crippen LogP contribution in [-0.4, -0.2) is 31.6 Å². The van der Waals surface area contributed by atoms with Crippen LogP contribution >= 0.6 is 0 Å². The molecule has 5 heteroatoms. The van der Waals surface area contributed by atoms with Gasteiger partial charge in [0, 0.05) is 24.9 Å². The van der Waals surface area contributed by atoms with Crippen molar-refractivity contribution in [3.63, 3.8) is 0 Å². The van der Waals surface area contributed by atoms with Crippen LogP contribution < -0.4 is 0 Å². The van der Waals surface area contributed by atoms with Gasteiger partial charge in [-0.25, -0.2) is 8.42 Å². The summed E-state index contributed by atoms with van der Waals surface area (Å²) < 4.78 is 27.4. The van der Waals surface area contributed by atoms with Crippen LogP contribution in [0.3, 0.4) is 0 Å². The molecule has 0 radical (unpaired) electrons. The van der Waals surface area contributed by atoms with Gasteiger partial charge in [-0.15, -0.1) is 0 Å². The first-order valence-corrected chi connectivity index (χ1v) is 10.1. The zero-order chi connectivity index (χ0) is 18.5. The molecule has 1 aliphatic carbocycles. The van der Waals surface area contributed by atoms with Crippen molar-refractivity contribution in [3.8, 4) is 0 Å². The van der Waals surface area contributed by atoms with Crippen LogP contribution in [0.2, 0.25) is 0 Å². The van der Waals surface area contributed by atoms with Crippen molar-refractivity contribution in [1.29, 1.82) is 0 Å². The largest absolute Gasteiger partial charge is 0.294 e. The second kappa shape index (κ2) is 6.22. The minimum atomic E-state index is -3.56. The molecule has 0 amide bonds. The molecule has 2 aliphatic rings. The minimum absolute atomic E-state index is 0.0427. The predicted octanol–water partition coefficient (Wildman–Crippen LogP) is 3.20. The van der Waals surface area contributed by atoms with Crippen LogP contribution in [0.5, 0.6) is 0 Å². The van der Waals surface area contributed by atoms with Crippen molar-refractivity contribution in [2.24, 2.45) is 23.7 Å². The highest BCUT2D eigenvalue weighted by atomic mass is 32.2. The molecular formula is C20H25NO3S. The number of aryl methyl sites for hydroxylation is 1. The normalized spacial score (nSPS) is 27.1. The van der Waals surface area contributed by atoms with E-state index in [1.165, 1.54) is 4.31 Å². The summed E-state index contributed by atoms with van der Waals surface area (Å²) in [7, 11) is -3.56. The molecule has 1 saturated carbocycles. The van der Waals surface area contributed by atoms with E-state index in [1.807, 2.05) is 20.8 Å². The van der Waals surface area contributed by atoms with Gasteiger partial charge in [-0.05, 0) is 36.5 Å². The number of Topliss-reactive ketones (excluding diaryl/α,β-unsaturated/α-hetero) is 1. The monoisotopic (exact) mass is 359 g/mol. The summed E-state index contributed by atoms with van der Waals surface area (Å²) in [4.78, 5) is 12.9. The smallest absolute Gasteiger partial charge is 0.243 e. The topological polar surface area (TPSA) is 54.5 Å². The van der Waals surface area contributed by atoms with E-state index in [0.29, 0.717) is 23.6 Å². The fourth-order valence-corrected chi connectivity index (χ4v) is 5.44. The summed E-state index contributed by atoms with van der Waals surface area (Å²) in [5, 5.41) is 0. The summed E-state index contributed by atoms with van der Waals surface area (Å²) in [6, 6.07) is 6.89. The van der Waals surface area contributed by atoms with Crippen LogP contribution in [-0.2, 0) is 14.8 Å². The summed E-state index contributed by atoms with van der Waals surface area (Å²) in [6.45, 7) is 14.7. The second-order valence-corrected chi connectivity index (χ2v) is 9.44. The predicted molar refractivity (Wildman–Crippen MR) is 98.5 cm³/mol. The first-order chi connectivity index (χ1) is 11.6. The molecule has 0 spiro atoms. The van der Waals surface area contributed by atoms with E-state index in [9.17, 15) is 13.2 Å². The minimum Gasteiger partial charge on any atom is -0.294 e. The van der Waals surface area contributed by atoms with Gasteiger partial charge in [0.1, 0.15) is 0 Å². The Balaban J connectivity index is 1.90. The van der Waals surface area contributed by atoms with Gasteiger partial charge < -0.3 is 0 Å². The van der Waals surface area contributed by atoms with Crippen LogP contribution in [0.25, 0.3) is 0 Å². The van der Waals surface area contributed by atoms with Crippen molar-refractivity contribution in [2.45, 2.75) is 25.7 Å². The van der Waals surface area contributed by atoms with E-state index in [4.69, 9.17) is 0 Å². The van der Waals surface area contributed by atoms with Crippen molar-refractivity contribution in [1.82, 2.24) is 4.31 Å². The first kappa shape index (κ1) is 18.1. The molecule has 1 saturated heterocycles. The highest BCUT2D eigenvalue weighted by molar-refractivity contribution is 7.89. The Morgan fingerprint density at radius 2 is 1.80 bits per heavy atom. The van der Waals surface area contributed by atoms with Crippen LogP contribution in [0.4, 0.5) is 0 Å². The maximum Gasteiger partial charge on any atom is 0.243 e. The number of sulfonamides is 1. The summed E-state index contributed by atoms with van der Waals surface area (Å²) >= 11 is 0. The molecule has 1 aromatic carbocycles. The maximum absolute atomic E-state index is 13.0. The third kappa shape index (κ3) is 2.89. The molecule has 25 heavy (non-hydrogen) atoms. The van der Waals surface area contributed by atoms with Crippen molar-refractivity contribution in [2.75, 3.05) is 13.1 Å². The van der Waals surface area contributed by atoms with E-state index < -0.39 is 10.0 Å². The van der Waals surface area contributed by atoms with Gasteiger partial charge in [0.05, 0.1) is 4.90 Å². The lowest BCUT2D eigenvalue weighted by molar-refractivity contribution is -0.117. The zero-order valence-electron chi connectivity index (χ0n) is 15.0. The fourth-order valence-electron chi connectivity index (χ4n) is 3.93. The Hall–Kier alpha value is -1.72. The van der Waals surface area contributed by atoms with E-state index in [0.717, 1.165) is 11.1 Å². The molecule has 134 valence electrons. The number of hydrogen-bond donors (Lipinski definition) is 0. The lowest BCUT2D eigenvalue weighted by Gasteiger charge is -2.23. The van der Waals surface area contributed by atoms with Gasteiger partial charge in [0.15, 0.2) is 5.78 Å². The second-order valence-electron chi connectivity index (χ2n) is 7.50. The van der Waals surface area contributed by atoms with Crippen molar-refractivity contribution >= 4 is 15.8 Å². The van der Waals surface area contributed by atoms with Crippen molar-refractivity contribution in [3.05, 3.63) is 54.1 Å². The van der Waals surface area contributed by atoms with E-state index in [1.54, 1.807) is 24.3 Å². The molecule has 4 nitrogen and oxygen atoms in total. The molecule has 0 N–H and O–H groups in total. The lowest BCUT2D eigenvalue weighted by atomic mass is 9.82. The first-order valence-electron chi connectivity index (χ1n) is 8.63. The Kier molecular flexibility index (Phi) is 4.50. The van der Waals surface area contributed by atoms with Crippen LogP contribution in [0, 0.1) is 30.6 Å². The molecule has 3 rings (SSSR count). The number of hydrogen-bond acceptors (Lipinski definition) is 3. The number of carbonyl (C=O) groups excluding carboxylic acids is 1. The third-order valence-corrected chi connectivity index (χ3v) is 7.45. The molecule has 2 unspecified atom stereocenters. The molecule has 0 bridgehead atoms. The number of benzene rings is 1. The summed E-state index contributed by atoms with van der Waals surface area (Å²) in [5.41, 5.74) is 2.45. The van der Waals surface area contributed by atoms with Gasteiger partial charge in [-0.1, -0.05) is 50.3 Å². The van der Waals surface area contributed by atoms with E-state index in [-0.39, 0.29) is 29.5 Å². The molecular weight excluding hydrogens is 334 g/mol. The highest BCUT2D eigenvalue weighted by Crippen LogP contribution is 2.47. The van der Waals surface area contributed by atoms with Gasteiger partial charge in [-0.2, -0.15) is 4.31 Å². The Morgan fingerprint density at radius 3 is 2.36 bits per heavy atom. The Labute approximate surface area is 150 Å². The lowest BCUT2D eigenvalue weighted by Crippen LogP contribution is -2.32. The third-order valence-electron chi connectivity index (χ3n) is 5.61. The quantitative estimate of drug-likeness (QED) is 0.613. The van der Waals surface area contributed by atoms with Gasteiger partial charge in [-0.3, -0.25) is 4.79 Å². The summed E-state index contributed by atoms with van der Waals surface area (Å²) in [5.74, 6) is -0.233. The van der Waals surface area contributed by atoms with E-state index in [2.05, 4.69) is 13.2 Å². The Bertz CT molecular complexity index is 836. The Morgan fingerprint density at radius 1 is 1.20 bits per heavy atom. The average Bonchev–Trinajstić information content (AvgIpc) is 3.08. The molecule has 1 aromatic rings. The van der Waals surface area contributed by atoms with Crippen LogP contribution in [0.1, 0.15) is 19.4 Å². The molecule has 1 heterocycles. The number of carbonyl (C=O) groups is 1. The fraction of sp³-hybridized carbons (Fsp3) is 0.450. The summed E-state index contributed by atoms with van der Waals surface area (Å²) in [6.07, 6.45) is 0. The number of allylic oxidation sites excluding steroid dienone is 1. The number of fused-ring (bicyclic) bond motifs is 1. The molecule has 2 fully saturated rings. The number of rotatable bonds is 4. The van der Waals surface area contributed by atoms with Crippen molar-refractivity contribution < 1.29 is 13.2 Å². The molecule has 3 atom stereocenters.